The number of ether oxygens (including phenoxy) is 2. The second kappa shape index (κ2) is 7.63. The van der Waals surface area contributed by atoms with E-state index >= 15 is 0 Å². The smallest absolute Gasteiger partial charge is 0.260 e. The molecule has 29 heavy (non-hydrogen) atoms. The molecule has 2 amide bonds. The van der Waals surface area contributed by atoms with Crippen LogP contribution in [0.1, 0.15) is 15.9 Å². The maximum Gasteiger partial charge on any atom is 0.260 e. The van der Waals surface area contributed by atoms with Crippen LogP contribution in [-0.2, 0) is 4.79 Å². The number of anilines is 1. The van der Waals surface area contributed by atoms with Gasteiger partial charge in [0.1, 0.15) is 18.0 Å². The van der Waals surface area contributed by atoms with Crippen LogP contribution in [-0.4, -0.2) is 38.8 Å². The molecular formula is C22H19N3O4. The van der Waals surface area contributed by atoms with Crippen molar-refractivity contribution in [1.82, 2.24) is 5.43 Å². The van der Waals surface area contributed by atoms with E-state index in [0.717, 1.165) is 16.5 Å². The van der Waals surface area contributed by atoms with Gasteiger partial charge in [-0.05, 0) is 35.7 Å². The maximum absolute atomic E-state index is 12.7. The minimum Gasteiger partial charge on any atom is -0.497 e. The third-order valence-corrected chi connectivity index (χ3v) is 4.78. The summed E-state index contributed by atoms with van der Waals surface area (Å²) >= 11 is 0. The number of nitrogens with zero attached hydrogens (tertiary/aromatic N) is 2. The summed E-state index contributed by atoms with van der Waals surface area (Å²) < 4.78 is 10.5. The van der Waals surface area contributed by atoms with E-state index in [2.05, 4.69) is 10.5 Å². The Morgan fingerprint density at radius 1 is 1.10 bits per heavy atom. The van der Waals surface area contributed by atoms with E-state index in [1.54, 1.807) is 38.5 Å². The van der Waals surface area contributed by atoms with Crippen LogP contribution in [0.2, 0.25) is 0 Å². The standard InChI is InChI=1S/C22H19N3O4/c1-28-16-9-10-19(29-2)15(11-16)12-23-24-20(26)13-25-18-8-4-6-14-5-3-7-17(21(14)18)22(25)27/h3-12H,13H2,1-2H3,(H,24,26)/b23-12-. The molecule has 0 atom stereocenters. The van der Waals surface area contributed by atoms with Crippen molar-refractivity contribution in [3.63, 3.8) is 0 Å². The summed E-state index contributed by atoms with van der Waals surface area (Å²) in [5, 5.41) is 5.84. The van der Waals surface area contributed by atoms with Gasteiger partial charge in [-0.1, -0.05) is 24.3 Å². The van der Waals surface area contributed by atoms with E-state index in [9.17, 15) is 9.59 Å². The third-order valence-electron chi connectivity index (χ3n) is 4.78. The van der Waals surface area contributed by atoms with E-state index in [4.69, 9.17) is 9.47 Å². The Morgan fingerprint density at radius 3 is 2.66 bits per heavy atom. The van der Waals surface area contributed by atoms with Crippen LogP contribution >= 0.6 is 0 Å². The zero-order chi connectivity index (χ0) is 20.4. The lowest BCUT2D eigenvalue weighted by atomic mass is 10.1. The molecule has 3 aromatic rings. The molecule has 7 nitrogen and oxygen atoms in total. The van der Waals surface area contributed by atoms with Crippen molar-refractivity contribution in [3.8, 4) is 11.5 Å². The first-order chi connectivity index (χ1) is 14.1. The maximum atomic E-state index is 12.7. The number of methoxy groups -OCH3 is 2. The molecule has 0 radical (unpaired) electrons. The van der Waals surface area contributed by atoms with Crippen molar-refractivity contribution >= 4 is 34.5 Å². The summed E-state index contributed by atoms with van der Waals surface area (Å²) in [4.78, 5) is 26.6. The van der Waals surface area contributed by atoms with Crippen LogP contribution in [0.15, 0.2) is 59.7 Å². The van der Waals surface area contributed by atoms with E-state index in [1.807, 2.05) is 30.3 Å². The third kappa shape index (κ3) is 3.38. The summed E-state index contributed by atoms with van der Waals surface area (Å²) in [5.74, 6) is 0.652. The first-order valence-corrected chi connectivity index (χ1v) is 9.00. The zero-order valence-corrected chi connectivity index (χ0v) is 16.0. The summed E-state index contributed by atoms with van der Waals surface area (Å²) in [6.45, 7) is -0.126. The number of amides is 2. The number of hydrazone groups is 1. The van der Waals surface area contributed by atoms with Crippen LogP contribution in [0.3, 0.4) is 0 Å². The highest BCUT2D eigenvalue weighted by atomic mass is 16.5. The van der Waals surface area contributed by atoms with Gasteiger partial charge in [-0.25, -0.2) is 5.43 Å². The normalized spacial score (nSPS) is 12.6. The van der Waals surface area contributed by atoms with Gasteiger partial charge in [-0.2, -0.15) is 5.10 Å². The minimum absolute atomic E-state index is 0.126. The Labute approximate surface area is 167 Å². The lowest BCUT2D eigenvalue weighted by Gasteiger charge is -2.16. The summed E-state index contributed by atoms with van der Waals surface area (Å²) in [6, 6.07) is 16.5. The van der Waals surface area contributed by atoms with Gasteiger partial charge in [0.25, 0.3) is 11.8 Å². The van der Waals surface area contributed by atoms with Gasteiger partial charge in [0.15, 0.2) is 0 Å². The largest absolute Gasteiger partial charge is 0.497 e. The van der Waals surface area contributed by atoms with Crippen LogP contribution in [0, 0.1) is 0 Å². The topological polar surface area (TPSA) is 80.2 Å². The highest BCUT2D eigenvalue weighted by Crippen LogP contribution is 2.36. The van der Waals surface area contributed by atoms with Crippen LogP contribution in [0.25, 0.3) is 10.8 Å². The molecule has 0 spiro atoms. The average Bonchev–Trinajstić information content (AvgIpc) is 3.01. The molecule has 1 aliphatic heterocycles. The fourth-order valence-corrected chi connectivity index (χ4v) is 3.43. The Hall–Kier alpha value is -3.87. The summed E-state index contributed by atoms with van der Waals surface area (Å²) in [7, 11) is 3.12. The molecule has 146 valence electrons. The lowest BCUT2D eigenvalue weighted by molar-refractivity contribution is -0.119. The van der Waals surface area contributed by atoms with Crippen molar-refractivity contribution < 1.29 is 19.1 Å². The molecule has 3 aromatic carbocycles. The van der Waals surface area contributed by atoms with Crippen LogP contribution in [0.4, 0.5) is 5.69 Å². The molecule has 0 aliphatic carbocycles. The number of hydrogen-bond donors (Lipinski definition) is 1. The highest BCUT2D eigenvalue weighted by Gasteiger charge is 2.30. The Balaban J connectivity index is 1.48. The predicted octanol–water partition coefficient (Wildman–Crippen LogP) is 2.97. The SMILES string of the molecule is COc1ccc(OC)c(/C=N\NC(=O)CN2C(=O)c3cccc4cccc2c34)c1. The molecule has 0 saturated heterocycles. The molecular weight excluding hydrogens is 370 g/mol. The van der Waals surface area contributed by atoms with Gasteiger partial charge in [-0.3, -0.25) is 14.5 Å². The minimum atomic E-state index is -0.402. The highest BCUT2D eigenvalue weighted by molar-refractivity contribution is 6.26. The Kier molecular flexibility index (Phi) is 4.87. The van der Waals surface area contributed by atoms with Crippen molar-refractivity contribution in [2.75, 3.05) is 25.7 Å². The van der Waals surface area contributed by atoms with Crippen molar-refractivity contribution in [1.29, 1.82) is 0 Å². The molecule has 0 aromatic heterocycles. The van der Waals surface area contributed by atoms with E-state index in [-0.39, 0.29) is 12.5 Å². The van der Waals surface area contributed by atoms with Gasteiger partial charge >= 0.3 is 0 Å². The molecule has 0 bridgehead atoms. The number of rotatable bonds is 6. The fraction of sp³-hybridized carbons (Fsp3) is 0.136. The van der Waals surface area contributed by atoms with Crippen LogP contribution < -0.4 is 19.8 Å². The van der Waals surface area contributed by atoms with Gasteiger partial charge in [0, 0.05) is 16.5 Å². The molecule has 1 N–H and O–H groups in total. The first-order valence-electron chi connectivity index (χ1n) is 9.00. The van der Waals surface area contributed by atoms with Gasteiger partial charge < -0.3 is 9.47 Å². The number of benzene rings is 3. The van der Waals surface area contributed by atoms with Gasteiger partial charge in [-0.15, -0.1) is 0 Å². The molecule has 0 unspecified atom stereocenters. The number of hydrogen-bond acceptors (Lipinski definition) is 5. The Bertz CT molecular complexity index is 1130. The second-order valence-electron chi connectivity index (χ2n) is 6.47. The van der Waals surface area contributed by atoms with Gasteiger partial charge in [0.2, 0.25) is 0 Å². The molecule has 1 aliphatic rings. The lowest BCUT2D eigenvalue weighted by Crippen LogP contribution is -2.37. The fourth-order valence-electron chi connectivity index (χ4n) is 3.43. The quantitative estimate of drug-likeness (QED) is 0.519. The first kappa shape index (κ1) is 18.5. The van der Waals surface area contributed by atoms with E-state index < -0.39 is 5.91 Å². The van der Waals surface area contributed by atoms with E-state index in [0.29, 0.717) is 22.6 Å². The van der Waals surface area contributed by atoms with Gasteiger partial charge in [0.05, 0.1) is 26.1 Å². The van der Waals surface area contributed by atoms with Crippen molar-refractivity contribution in [2.24, 2.45) is 5.10 Å². The van der Waals surface area contributed by atoms with Crippen molar-refractivity contribution in [2.45, 2.75) is 0 Å². The van der Waals surface area contributed by atoms with Crippen molar-refractivity contribution in [3.05, 3.63) is 65.7 Å². The second-order valence-corrected chi connectivity index (χ2v) is 6.47. The number of carbonyl (C=O) groups is 2. The molecule has 4 rings (SSSR count). The number of carbonyl (C=O) groups excluding carboxylic acids is 2. The summed E-state index contributed by atoms with van der Waals surface area (Å²) in [5.41, 5.74) is 4.46. The molecule has 0 saturated carbocycles. The summed E-state index contributed by atoms with van der Waals surface area (Å²) in [6.07, 6.45) is 1.47. The zero-order valence-electron chi connectivity index (χ0n) is 16.0. The average molecular weight is 389 g/mol. The van der Waals surface area contributed by atoms with Crippen LogP contribution in [0.5, 0.6) is 11.5 Å². The monoisotopic (exact) mass is 389 g/mol. The molecule has 1 heterocycles. The molecule has 7 heteroatoms. The molecule has 0 fully saturated rings. The predicted molar refractivity (Wildman–Crippen MR) is 111 cm³/mol. The van der Waals surface area contributed by atoms with E-state index in [1.165, 1.54) is 11.1 Å². The Morgan fingerprint density at radius 2 is 1.90 bits per heavy atom. The number of nitrogens with one attached hydrogen (secondary N) is 1.